The van der Waals surface area contributed by atoms with Crippen molar-refractivity contribution in [3.05, 3.63) is 101 Å². The smallest absolute Gasteiger partial charge is 0.240 e. The third-order valence-corrected chi connectivity index (χ3v) is 8.37. The number of para-hydroxylation sites is 2. The van der Waals surface area contributed by atoms with Gasteiger partial charge >= 0.3 is 0 Å². The third-order valence-electron chi connectivity index (χ3n) is 8.37. The molecule has 1 aromatic heterocycles. The van der Waals surface area contributed by atoms with E-state index in [9.17, 15) is 4.79 Å². The molecule has 2 atom stereocenters. The number of ether oxygens (including phenoxy) is 2. The molecular formula is C31H31N5O3. The number of carbonyl (C=O) groups is 1. The van der Waals surface area contributed by atoms with Gasteiger partial charge in [0, 0.05) is 37.3 Å². The molecule has 1 spiro atoms. The van der Waals surface area contributed by atoms with Crippen molar-refractivity contribution in [3.63, 3.8) is 0 Å². The van der Waals surface area contributed by atoms with Crippen LogP contribution < -0.4 is 14.4 Å². The van der Waals surface area contributed by atoms with Crippen LogP contribution in [-0.4, -0.2) is 46.1 Å². The number of anilines is 1. The number of methoxy groups -OCH3 is 1. The Balaban J connectivity index is 1.39. The maximum atomic E-state index is 14.7. The van der Waals surface area contributed by atoms with Crippen LogP contribution in [0.4, 0.5) is 5.69 Å². The number of aryl methyl sites for hydroxylation is 1. The van der Waals surface area contributed by atoms with E-state index in [2.05, 4.69) is 45.5 Å². The summed E-state index contributed by atoms with van der Waals surface area (Å²) >= 11 is 0. The molecule has 1 fully saturated rings. The summed E-state index contributed by atoms with van der Waals surface area (Å²) in [5.41, 5.74) is 4.28. The van der Waals surface area contributed by atoms with Crippen LogP contribution in [0.15, 0.2) is 79.0 Å². The number of nitrogens with zero attached hydrogens (tertiary/aromatic N) is 5. The lowest BCUT2D eigenvalue weighted by Crippen LogP contribution is -2.44. The average molecular weight is 522 g/mol. The Labute approximate surface area is 227 Å². The normalized spacial score (nSPS) is 22.4. The van der Waals surface area contributed by atoms with E-state index in [1.54, 1.807) is 7.11 Å². The number of carbonyl (C=O) groups excluding carboxylic acids is 1. The van der Waals surface area contributed by atoms with Crippen LogP contribution in [0, 0.1) is 0 Å². The van der Waals surface area contributed by atoms with Crippen LogP contribution in [0.1, 0.15) is 41.3 Å². The first-order valence-electron chi connectivity index (χ1n) is 13.6. The summed E-state index contributed by atoms with van der Waals surface area (Å²) < 4.78 is 13.7. The molecule has 8 nitrogen and oxygen atoms in total. The minimum absolute atomic E-state index is 0.118. The first-order valence-corrected chi connectivity index (χ1v) is 13.6. The number of rotatable bonds is 3. The van der Waals surface area contributed by atoms with Crippen molar-refractivity contribution in [2.45, 2.75) is 43.9 Å². The van der Waals surface area contributed by atoms with Crippen LogP contribution in [0.3, 0.4) is 0 Å². The molecule has 6 bridgehead atoms. The van der Waals surface area contributed by atoms with Crippen molar-refractivity contribution in [3.8, 4) is 11.5 Å². The van der Waals surface area contributed by atoms with Gasteiger partial charge in [-0.3, -0.25) is 14.4 Å². The molecule has 0 aliphatic carbocycles. The van der Waals surface area contributed by atoms with Crippen LogP contribution in [0.2, 0.25) is 0 Å². The molecule has 39 heavy (non-hydrogen) atoms. The first kappa shape index (κ1) is 23.9. The van der Waals surface area contributed by atoms with Crippen LogP contribution >= 0.6 is 0 Å². The van der Waals surface area contributed by atoms with Gasteiger partial charge in [-0.25, -0.2) is 0 Å². The topological polar surface area (TPSA) is 72.7 Å². The zero-order valence-corrected chi connectivity index (χ0v) is 22.0. The van der Waals surface area contributed by atoms with Gasteiger partial charge in [-0.15, -0.1) is 5.10 Å². The molecule has 7 rings (SSSR count). The van der Waals surface area contributed by atoms with Crippen LogP contribution in [-0.2, 0) is 29.8 Å². The van der Waals surface area contributed by atoms with Gasteiger partial charge in [0.25, 0.3) is 0 Å². The highest BCUT2D eigenvalue weighted by atomic mass is 16.5. The fourth-order valence-electron chi connectivity index (χ4n) is 6.70. The van der Waals surface area contributed by atoms with E-state index in [1.165, 1.54) is 0 Å². The lowest BCUT2D eigenvalue weighted by molar-refractivity contribution is -0.124. The van der Waals surface area contributed by atoms with E-state index in [1.807, 2.05) is 58.2 Å². The number of amides is 1. The van der Waals surface area contributed by atoms with E-state index in [0.29, 0.717) is 26.2 Å². The molecule has 3 aromatic carbocycles. The molecule has 3 aliphatic heterocycles. The number of fused-ring (bicyclic) bond motifs is 8. The number of benzene rings is 3. The first-order chi connectivity index (χ1) is 19.2. The molecule has 3 aliphatic rings. The molecule has 0 unspecified atom stereocenters. The molecule has 4 aromatic rings. The molecule has 0 radical (unpaired) electrons. The number of hydrogen-bond donors (Lipinski definition) is 0. The van der Waals surface area contributed by atoms with E-state index < -0.39 is 5.41 Å². The van der Waals surface area contributed by atoms with Crippen molar-refractivity contribution in [1.82, 2.24) is 19.9 Å². The van der Waals surface area contributed by atoms with E-state index in [4.69, 9.17) is 9.47 Å². The number of likely N-dealkylation sites (tertiary alicyclic amines) is 1. The second-order valence-corrected chi connectivity index (χ2v) is 10.6. The monoisotopic (exact) mass is 521 g/mol. The molecule has 8 heteroatoms. The molecular weight excluding hydrogens is 490 g/mol. The highest BCUT2D eigenvalue weighted by molar-refractivity contribution is 6.09. The maximum Gasteiger partial charge on any atom is 0.240 e. The van der Waals surface area contributed by atoms with Crippen LogP contribution in [0.25, 0.3) is 0 Å². The Morgan fingerprint density at radius 1 is 1.05 bits per heavy atom. The summed E-state index contributed by atoms with van der Waals surface area (Å²) in [6.45, 7) is 3.13. The van der Waals surface area contributed by atoms with Gasteiger partial charge in [0.1, 0.15) is 17.2 Å². The van der Waals surface area contributed by atoms with Crippen molar-refractivity contribution in [2.24, 2.45) is 0 Å². The summed E-state index contributed by atoms with van der Waals surface area (Å²) in [5, 5.41) is 8.71. The second-order valence-electron chi connectivity index (χ2n) is 10.6. The Morgan fingerprint density at radius 2 is 1.92 bits per heavy atom. The third kappa shape index (κ3) is 3.89. The molecule has 0 saturated carbocycles. The predicted octanol–water partition coefficient (Wildman–Crippen LogP) is 4.50. The Bertz CT molecular complexity index is 1530. The highest BCUT2D eigenvalue weighted by Crippen LogP contribution is 2.57. The van der Waals surface area contributed by atoms with Crippen LogP contribution in [0.5, 0.6) is 11.5 Å². The fraction of sp³-hybridized carbons (Fsp3) is 0.323. The number of aromatic nitrogens is 3. The lowest BCUT2D eigenvalue weighted by atomic mass is 9.72. The second kappa shape index (κ2) is 9.54. The van der Waals surface area contributed by atoms with Gasteiger partial charge in [0.05, 0.1) is 37.9 Å². The number of hydrogen-bond acceptors (Lipinski definition) is 6. The Morgan fingerprint density at radius 3 is 2.85 bits per heavy atom. The minimum atomic E-state index is -0.729. The van der Waals surface area contributed by atoms with Crippen molar-refractivity contribution >= 4 is 11.6 Å². The molecule has 198 valence electrons. The van der Waals surface area contributed by atoms with Gasteiger partial charge in [-0.05, 0) is 41.8 Å². The van der Waals surface area contributed by atoms with E-state index >= 15 is 0 Å². The molecule has 1 amide bonds. The van der Waals surface area contributed by atoms with Gasteiger partial charge in [-0.1, -0.05) is 53.7 Å². The molecule has 0 N–H and O–H groups in total. The summed E-state index contributed by atoms with van der Waals surface area (Å²) in [7, 11) is 1.71. The predicted molar refractivity (Wildman–Crippen MR) is 147 cm³/mol. The highest BCUT2D eigenvalue weighted by Gasteiger charge is 2.60. The summed E-state index contributed by atoms with van der Waals surface area (Å²) in [6, 6.07) is 24.5. The Kier molecular flexibility index (Phi) is 5.85. The van der Waals surface area contributed by atoms with Gasteiger partial charge in [0.2, 0.25) is 5.91 Å². The van der Waals surface area contributed by atoms with Crippen molar-refractivity contribution < 1.29 is 14.3 Å². The van der Waals surface area contributed by atoms with Gasteiger partial charge < -0.3 is 14.4 Å². The van der Waals surface area contributed by atoms with Gasteiger partial charge in [0.15, 0.2) is 0 Å². The standard InChI is InChI=1S/C31H31N5O3/c1-38-28-13-5-2-8-23(28)19-34-16-14-31-26-11-3-4-12-27(26)36(30(31)37)21-24-20-35(33-32-24)15-7-17-39-25-10-6-9-22(18-25)29(31)34/h2-6,8-13,18,20,29H,7,14-17,19,21H2,1H3/t29-,31-/m0/s1. The van der Waals surface area contributed by atoms with Gasteiger partial charge in [-0.2, -0.15) is 0 Å². The van der Waals surface area contributed by atoms with E-state index in [-0.39, 0.29) is 11.9 Å². The minimum Gasteiger partial charge on any atom is -0.496 e. The molecule has 1 saturated heterocycles. The lowest BCUT2D eigenvalue weighted by Gasteiger charge is -2.35. The SMILES string of the molecule is COc1ccccc1CN1CC[C@@]23C(=O)N(Cc4cn(nn4)CCCOc4cccc(c4)[C@H]12)c1ccccc13. The quantitative estimate of drug-likeness (QED) is 0.395. The molecule has 4 heterocycles. The summed E-state index contributed by atoms with van der Waals surface area (Å²) in [6.07, 6.45) is 3.48. The fourth-order valence-corrected chi connectivity index (χ4v) is 6.70. The Hall–Kier alpha value is -4.17. The summed E-state index contributed by atoms with van der Waals surface area (Å²) in [4.78, 5) is 19.1. The summed E-state index contributed by atoms with van der Waals surface area (Å²) in [5.74, 6) is 1.79. The zero-order valence-electron chi connectivity index (χ0n) is 22.0. The zero-order chi connectivity index (χ0) is 26.4. The van der Waals surface area contributed by atoms with Crippen molar-refractivity contribution in [2.75, 3.05) is 25.2 Å². The average Bonchev–Trinajstić information content (AvgIpc) is 3.64. The van der Waals surface area contributed by atoms with E-state index in [0.717, 1.165) is 59.0 Å². The van der Waals surface area contributed by atoms with Crippen molar-refractivity contribution in [1.29, 1.82) is 0 Å². The largest absolute Gasteiger partial charge is 0.496 e. The maximum absolute atomic E-state index is 14.7.